The second-order valence-corrected chi connectivity index (χ2v) is 6.63. The molecule has 0 saturated heterocycles. The SMILES string of the molecule is Cn1[c]cc2ccc(-c3nccc(Nc4ccc5c(N)nccc5c4)n3)cc21. The van der Waals surface area contributed by atoms with Gasteiger partial charge in [-0.3, -0.25) is 0 Å². The Morgan fingerprint density at radius 3 is 2.79 bits per heavy atom. The molecular formula is C22H17N6. The zero-order chi connectivity index (χ0) is 19.1. The number of fused-ring (bicyclic) bond motifs is 2. The fraction of sp³-hybridized carbons (Fsp3) is 0.0455. The largest absolute Gasteiger partial charge is 0.383 e. The summed E-state index contributed by atoms with van der Waals surface area (Å²) < 4.78 is 1.97. The smallest absolute Gasteiger partial charge is 0.161 e. The Morgan fingerprint density at radius 1 is 0.964 bits per heavy atom. The Hall–Kier alpha value is -3.93. The number of hydrogen-bond acceptors (Lipinski definition) is 5. The third-order valence-electron chi connectivity index (χ3n) is 4.79. The van der Waals surface area contributed by atoms with Gasteiger partial charge in [-0.05, 0) is 47.9 Å². The highest BCUT2D eigenvalue weighted by molar-refractivity contribution is 5.93. The molecule has 0 amide bonds. The Kier molecular flexibility index (Phi) is 3.69. The molecule has 0 spiro atoms. The molecule has 0 aliphatic carbocycles. The fourth-order valence-corrected chi connectivity index (χ4v) is 3.33. The van der Waals surface area contributed by atoms with E-state index in [2.05, 4.69) is 38.6 Å². The summed E-state index contributed by atoms with van der Waals surface area (Å²) in [5, 5.41) is 6.45. The van der Waals surface area contributed by atoms with E-state index in [1.165, 1.54) is 0 Å². The number of aryl methyl sites for hydroxylation is 1. The Morgan fingerprint density at radius 2 is 1.86 bits per heavy atom. The van der Waals surface area contributed by atoms with Crippen LogP contribution in [0.3, 0.4) is 0 Å². The van der Waals surface area contributed by atoms with E-state index in [1.54, 1.807) is 12.4 Å². The summed E-state index contributed by atoms with van der Waals surface area (Å²) in [5.41, 5.74) is 8.91. The number of nitrogen functional groups attached to an aromatic ring is 1. The lowest BCUT2D eigenvalue weighted by atomic mass is 10.1. The van der Waals surface area contributed by atoms with Crippen LogP contribution >= 0.6 is 0 Å². The molecule has 3 aromatic heterocycles. The van der Waals surface area contributed by atoms with Crippen LogP contribution in [0.25, 0.3) is 33.1 Å². The van der Waals surface area contributed by atoms with E-state index in [4.69, 9.17) is 5.73 Å². The standard InChI is InChI=1S/C22H17N6/c1-28-11-8-14-2-3-16(13-19(14)28)22-25-10-7-20(27-22)26-17-4-5-18-15(12-17)6-9-24-21(18)23/h2-10,12-13H,1H3,(H2,23,24)(H,25,26,27). The van der Waals surface area contributed by atoms with Gasteiger partial charge >= 0.3 is 0 Å². The molecule has 0 aliphatic heterocycles. The van der Waals surface area contributed by atoms with Gasteiger partial charge in [0.05, 0.1) is 6.20 Å². The zero-order valence-electron chi connectivity index (χ0n) is 15.2. The van der Waals surface area contributed by atoms with Crippen LogP contribution < -0.4 is 11.1 Å². The molecule has 0 atom stereocenters. The van der Waals surface area contributed by atoms with Gasteiger partial charge in [-0.2, -0.15) is 0 Å². The van der Waals surface area contributed by atoms with Crippen LogP contribution in [0.5, 0.6) is 0 Å². The van der Waals surface area contributed by atoms with Gasteiger partial charge < -0.3 is 15.6 Å². The van der Waals surface area contributed by atoms with Crippen LogP contribution in [0.15, 0.2) is 67.0 Å². The second-order valence-electron chi connectivity index (χ2n) is 6.63. The molecule has 5 rings (SSSR count). The van der Waals surface area contributed by atoms with E-state index in [-0.39, 0.29) is 0 Å². The first kappa shape index (κ1) is 16.3. The molecule has 0 unspecified atom stereocenters. The number of benzene rings is 2. The monoisotopic (exact) mass is 365 g/mol. The Bertz CT molecular complexity index is 1320. The van der Waals surface area contributed by atoms with Crippen LogP contribution in [0, 0.1) is 6.20 Å². The van der Waals surface area contributed by atoms with Gasteiger partial charge in [0.1, 0.15) is 11.6 Å². The molecule has 0 fully saturated rings. The van der Waals surface area contributed by atoms with Crippen molar-refractivity contribution in [2.45, 2.75) is 0 Å². The minimum atomic E-state index is 0.529. The van der Waals surface area contributed by atoms with Crippen LogP contribution in [-0.4, -0.2) is 19.5 Å². The lowest BCUT2D eigenvalue weighted by Crippen LogP contribution is -1.97. The first-order valence-electron chi connectivity index (χ1n) is 8.89. The average molecular weight is 365 g/mol. The average Bonchev–Trinajstić information content (AvgIpc) is 3.09. The first-order chi connectivity index (χ1) is 13.7. The molecule has 3 N–H and O–H groups in total. The Labute approximate surface area is 161 Å². The van der Waals surface area contributed by atoms with Crippen molar-refractivity contribution in [2.75, 3.05) is 11.1 Å². The highest BCUT2D eigenvalue weighted by atomic mass is 15.0. The normalized spacial score (nSPS) is 11.2. The van der Waals surface area contributed by atoms with Crippen molar-refractivity contribution in [1.29, 1.82) is 0 Å². The second kappa shape index (κ2) is 6.35. The summed E-state index contributed by atoms with van der Waals surface area (Å²) in [7, 11) is 1.98. The van der Waals surface area contributed by atoms with Crippen LogP contribution in [0.4, 0.5) is 17.3 Å². The van der Waals surface area contributed by atoms with E-state index in [1.807, 2.05) is 54.1 Å². The summed E-state index contributed by atoms with van der Waals surface area (Å²) in [5.74, 6) is 1.92. The molecule has 5 aromatic rings. The minimum absolute atomic E-state index is 0.529. The van der Waals surface area contributed by atoms with E-state index in [9.17, 15) is 0 Å². The number of aromatic nitrogens is 4. The van der Waals surface area contributed by atoms with Gasteiger partial charge in [0, 0.05) is 47.0 Å². The number of nitrogens with two attached hydrogens (primary N) is 1. The van der Waals surface area contributed by atoms with Crippen molar-refractivity contribution >= 4 is 39.0 Å². The summed E-state index contributed by atoms with van der Waals surface area (Å²) >= 11 is 0. The predicted molar refractivity (Wildman–Crippen MR) is 112 cm³/mol. The van der Waals surface area contributed by atoms with Gasteiger partial charge in [0.25, 0.3) is 0 Å². The Balaban J connectivity index is 1.49. The van der Waals surface area contributed by atoms with E-state index in [0.29, 0.717) is 11.6 Å². The summed E-state index contributed by atoms with van der Waals surface area (Å²) in [6, 6.07) is 17.9. The predicted octanol–water partition coefficient (Wildman–Crippen LogP) is 4.31. The lowest BCUT2D eigenvalue weighted by Gasteiger charge is -2.09. The van der Waals surface area contributed by atoms with Gasteiger partial charge in [-0.25, -0.2) is 15.0 Å². The first-order valence-corrected chi connectivity index (χ1v) is 8.89. The maximum absolute atomic E-state index is 5.93. The molecule has 0 bridgehead atoms. The summed E-state index contributed by atoms with van der Waals surface area (Å²) in [6.45, 7) is 0. The van der Waals surface area contributed by atoms with Gasteiger partial charge in [-0.1, -0.05) is 12.1 Å². The molecular weight excluding hydrogens is 348 g/mol. The molecule has 28 heavy (non-hydrogen) atoms. The number of pyridine rings is 1. The van der Waals surface area contributed by atoms with Gasteiger partial charge in [0.15, 0.2) is 5.82 Å². The number of nitrogens with zero attached hydrogens (tertiary/aromatic N) is 4. The van der Waals surface area contributed by atoms with Crippen molar-refractivity contribution in [3.8, 4) is 11.4 Å². The maximum atomic E-state index is 5.93. The fourth-order valence-electron chi connectivity index (χ4n) is 3.33. The molecule has 6 heteroatoms. The number of hydrogen-bond donors (Lipinski definition) is 2. The lowest BCUT2D eigenvalue weighted by molar-refractivity contribution is 0.960. The molecule has 6 nitrogen and oxygen atoms in total. The third-order valence-corrected chi connectivity index (χ3v) is 4.79. The number of nitrogens with one attached hydrogen (secondary N) is 1. The highest BCUT2D eigenvalue weighted by Gasteiger charge is 2.07. The van der Waals surface area contributed by atoms with Crippen LogP contribution in [0.1, 0.15) is 0 Å². The van der Waals surface area contributed by atoms with Crippen molar-refractivity contribution < 1.29 is 0 Å². The topological polar surface area (TPSA) is 81.7 Å². The van der Waals surface area contributed by atoms with Crippen molar-refractivity contribution in [3.05, 3.63) is 73.2 Å². The zero-order valence-corrected chi connectivity index (χ0v) is 15.2. The highest BCUT2D eigenvalue weighted by Crippen LogP contribution is 2.26. The van der Waals surface area contributed by atoms with Crippen LogP contribution in [0.2, 0.25) is 0 Å². The van der Waals surface area contributed by atoms with Gasteiger partial charge in [-0.15, -0.1) is 0 Å². The van der Waals surface area contributed by atoms with E-state index < -0.39 is 0 Å². The molecule has 135 valence electrons. The van der Waals surface area contributed by atoms with Gasteiger partial charge in [0.2, 0.25) is 0 Å². The minimum Gasteiger partial charge on any atom is -0.383 e. The van der Waals surface area contributed by atoms with Crippen LogP contribution in [-0.2, 0) is 7.05 Å². The molecule has 2 aromatic carbocycles. The molecule has 0 saturated carbocycles. The van der Waals surface area contributed by atoms with E-state index in [0.717, 1.165) is 38.7 Å². The number of anilines is 3. The summed E-state index contributed by atoms with van der Waals surface area (Å²) in [4.78, 5) is 13.2. The summed E-state index contributed by atoms with van der Waals surface area (Å²) in [6.07, 6.45) is 6.64. The quantitative estimate of drug-likeness (QED) is 0.498. The maximum Gasteiger partial charge on any atom is 0.161 e. The molecule has 3 heterocycles. The number of rotatable bonds is 3. The van der Waals surface area contributed by atoms with Crippen molar-refractivity contribution in [1.82, 2.24) is 19.5 Å². The van der Waals surface area contributed by atoms with E-state index >= 15 is 0 Å². The van der Waals surface area contributed by atoms with Crippen molar-refractivity contribution in [3.63, 3.8) is 0 Å². The molecule has 0 aliphatic rings. The van der Waals surface area contributed by atoms with Crippen molar-refractivity contribution in [2.24, 2.45) is 7.05 Å². The third kappa shape index (κ3) is 2.81. The molecule has 1 radical (unpaired) electrons.